The fourth-order valence-corrected chi connectivity index (χ4v) is 7.48. The molecule has 2 aliphatic rings. The van der Waals surface area contributed by atoms with Gasteiger partial charge in [-0.15, -0.1) is 0 Å². The lowest BCUT2D eigenvalue weighted by Gasteiger charge is -2.32. The number of benzene rings is 3. The van der Waals surface area contributed by atoms with Crippen LogP contribution in [-0.4, -0.2) is 49.4 Å². The van der Waals surface area contributed by atoms with Gasteiger partial charge in [0.15, 0.2) is 9.84 Å². The van der Waals surface area contributed by atoms with Crippen LogP contribution in [0, 0.1) is 0 Å². The van der Waals surface area contributed by atoms with Crippen molar-refractivity contribution in [3.05, 3.63) is 106 Å². The summed E-state index contributed by atoms with van der Waals surface area (Å²) in [6.07, 6.45) is 2.42. The van der Waals surface area contributed by atoms with Crippen molar-refractivity contribution in [2.24, 2.45) is 0 Å². The Morgan fingerprint density at radius 2 is 1.79 bits per heavy atom. The van der Waals surface area contributed by atoms with Crippen LogP contribution in [0.5, 0.6) is 11.5 Å². The van der Waals surface area contributed by atoms with E-state index in [0.29, 0.717) is 34.8 Å². The minimum absolute atomic E-state index is 0.0213. The highest BCUT2D eigenvalue weighted by molar-refractivity contribution is 7.92. The Bertz CT molecular complexity index is 1460. The average molecular weight is 551 g/mol. The molecule has 0 spiro atoms. The van der Waals surface area contributed by atoms with Gasteiger partial charge in [-0.3, -0.25) is 0 Å². The number of ether oxygens (including phenoxy) is 1. The second kappa shape index (κ2) is 11.4. The van der Waals surface area contributed by atoms with Gasteiger partial charge in [0.05, 0.1) is 22.1 Å². The van der Waals surface area contributed by atoms with Crippen LogP contribution in [0.15, 0.2) is 90.0 Å². The zero-order valence-electron chi connectivity index (χ0n) is 20.7. The van der Waals surface area contributed by atoms with Crippen molar-refractivity contribution in [1.82, 2.24) is 0 Å². The topological polar surface area (TPSA) is 93.1 Å². The van der Waals surface area contributed by atoms with Crippen LogP contribution >= 0.6 is 11.6 Å². The van der Waals surface area contributed by atoms with Crippen LogP contribution in [-0.2, 0) is 14.5 Å². The van der Waals surface area contributed by atoms with E-state index in [-0.39, 0.29) is 24.4 Å². The quantitative estimate of drug-likeness (QED) is 0.221. The Kier molecular flexibility index (Phi) is 7.95. The van der Waals surface area contributed by atoms with Crippen molar-refractivity contribution < 1.29 is 27.9 Å². The predicted octanol–water partition coefficient (Wildman–Crippen LogP) is 5.42. The molecule has 5 rings (SSSR count). The fourth-order valence-electron chi connectivity index (χ4n) is 5.15. The van der Waals surface area contributed by atoms with Crippen molar-refractivity contribution in [2.75, 3.05) is 12.4 Å². The van der Waals surface area contributed by atoms with E-state index in [1.807, 2.05) is 66.7 Å². The summed E-state index contributed by atoms with van der Waals surface area (Å²) in [6.45, 7) is 0.148. The van der Waals surface area contributed by atoms with Crippen LogP contribution in [0.2, 0.25) is 11.3 Å². The van der Waals surface area contributed by atoms with Gasteiger partial charge in [0.2, 0.25) is 0 Å². The first-order valence-electron chi connectivity index (χ1n) is 12.5. The molecular weight excluding hydrogens is 523 g/mol. The van der Waals surface area contributed by atoms with Crippen molar-refractivity contribution in [2.45, 2.75) is 30.5 Å². The molecule has 0 aromatic heterocycles. The molecule has 1 saturated heterocycles. The monoisotopic (exact) mass is 550 g/mol. The van der Waals surface area contributed by atoms with Gasteiger partial charge in [-0.1, -0.05) is 60.1 Å². The molecule has 3 aromatic rings. The van der Waals surface area contributed by atoms with Crippen LogP contribution in [0.4, 0.5) is 0 Å². The molecule has 38 heavy (non-hydrogen) atoms. The number of fused-ring (bicyclic) bond motifs is 1. The Hall–Kier alpha value is -3.04. The minimum Gasteiger partial charge on any atom is -0.508 e. The number of allylic oxidation sites excluding steroid dienone is 1. The highest BCUT2D eigenvalue weighted by atomic mass is 35.5. The van der Waals surface area contributed by atoms with Crippen molar-refractivity contribution in [3.63, 3.8) is 0 Å². The summed E-state index contributed by atoms with van der Waals surface area (Å²) in [5, 5.41) is 19.8. The average Bonchev–Trinajstić information content (AvgIpc) is 3.17. The van der Waals surface area contributed by atoms with E-state index < -0.39 is 28.3 Å². The lowest BCUT2D eigenvalue weighted by molar-refractivity contribution is 0.170. The summed E-state index contributed by atoms with van der Waals surface area (Å²) in [5.74, 6) is 0.648. The van der Waals surface area contributed by atoms with E-state index >= 15 is 0 Å². The molecule has 0 aliphatic carbocycles. The first-order chi connectivity index (χ1) is 18.3. The van der Waals surface area contributed by atoms with E-state index in [1.54, 1.807) is 12.1 Å². The number of para-hydroxylation sites is 1. The fraction of sp³-hybridized carbons (Fsp3) is 0.241. The summed E-state index contributed by atoms with van der Waals surface area (Å²) in [6, 6.07) is 23.9. The molecule has 0 amide bonds. The van der Waals surface area contributed by atoms with Crippen LogP contribution in [0.1, 0.15) is 24.0 Å². The maximum atomic E-state index is 13.1. The normalized spacial score (nSPS) is 20.9. The molecule has 0 saturated carbocycles. The van der Waals surface area contributed by atoms with Gasteiger partial charge < -0.3 is 19.5 Å². The summed E-state index contributed by atoms with van der Waals surface area (Å²) in [4.78, 5) is 0. The van der Waals surface area contributed by atoms with Gasteiger partial charge in [-0.2, -0.15) is 0 Å². The highest BCUT2D eigenvalue weighted by Crippen LogP contribution is 2.40. The van der Waals surface area contributed by atoms with Crippen molar-refractivity contribution in [1.29, 1.82) is 0 Å². The third-order valence-electron chi connectivity index (χ3n) is 6.94. The van der Waals surface area contributed by atoms with Crippen LogP contribution in [0.25, 0.3) is 11.6 Å². The van der Waals surface area contributed by atoms with Crippen molar-refractivity contribution in [3.8, 4) is 11.5 Å². The maximum absolute atomic E-state index is 13.1. The third-order valence-corrected chi connectivity index (χ3v) is 9.33. The number of aromatic hydroxyl groups is 1. The SMILES string of the molecule is O=S1(=O)CC(COc2ccccc2)=C2[C@@H](CC/C(=C/c3ccc(O)cc3Cl)c3ccccc3)OB(O)C[C@@H]21. The molecular formula is C29H28BClO6S. The Morgan fingerprint density at radius 3 is 2.50 bits per heavy atom. The number of sulfone groups is 1. The number of halogens is 1. The van der Waals surface area contributed by atoms with E-state index in [1.165, 1.54) is 6.07 Å². The Labute approximate surface area is 228 Å². The zero-order valence-corrected chi connectivity index (χ0v) is 22.2. The first-order valence-corrected chi connectivity index (χ1v) is 14.6. The van der Waals surface area contributed by atoms with Gasteiger partial charge in [0, 0.05) is 6.32 Å². The number of phenolic OH excluding ortho intramolecular Hbond substituents is 1. The van der Waals surface area contributed by atoms with Crippen LogP contribution in [0.3, 0.4) is 0 Å². The van der Waals surface area contributed by atoms with Gasteiger partial charge in [-0.05, 0) is 77.1 Å². The molecule has 0 unspecified atom stereocenters. The molecule has 2 aliphatic heterocycles. The Morgan fingerprint density at radius 1 is 1.08 bits per heavy atom. The van der Waals surface area contributed by atoms with E-state index in [9.17, 15) is 18.5 Å². The first kappa shape index (κ1) is 26.6. The molecule has 2 N–H and O–H groups in total. The predicted molar refractivity (Wildman–Crippen MR) is 151 cm³/mol. The number of phenols is 1. The molecule has 6 nitrogen and oxygen atoms in total. The summed E-state index contributed by atoms with van der Waals surface area (Å²) in [5.41, 5.74) is 4.13. The number of hydrogen-bond donors (Lipinski definition) is 2. The van der Waals surface area contributed by atoms with Gasteiger partial charge in [0.25, 0.3) is 0 Å². The number of hydrogen-bond acceptors (Lipinski definition) is 6. The smallest absolute Gasteiger partial charge is 0.456 e. The second-order valence-electron chi connectivity index (χ2n) is 9.55. The lowest BCUT2D eigenvalue weighted by Crippen LogP contribution is -2.42. The molecule has 196 valence electrons. The van der Waals surface area contributed by atoms with E-state index in [4.69, 9.17) is 21.0 Å². The molecule has 2 atom stereocenters. The molecule has 1 fully saturated rings. The van der Waals surface area contributed by atoms with E-state index in [2.05, 4.69) is 0 Å². The molecule has 0 radical (unpaired) electrons. The summed E-state index contributed by atoms with van der Waals surface area (Å²) < 4.78 is 38.0. The largest absolute Gasteiger partial charge is 0.508 e. The van der Waals surface area contributed by atoms with Crippen molar-refractivity contribution >= 4 is 40.2 Å². The maximum Gasteiger partial charge on any atom is 0.456 e. The zero-order chi connectivity index (χ0) is 26.7. The number of rotatable bonds is 8. The summed E-state index contributed by atoms with van der Waals surface area (Å²) >= 11 is 6.39. The molecule has 9 heteroatoms. The molecule has 3 aromatic carbocycles. The third kappa shape index (κ3) is 5.99. The van der Waals surface area contributed by atoms with E-state index in [0.717, 1.165) is 16.7 Å². The van der Waals surface area contributed by atoms with Gasteiger partial charge in [0.1, 0.15) is 18.1 Å². The summed E-state index contributed by atoms with van der Waals surface area (Å²) in [7, 11) is -4.62. The molecule has 0 bridgehead atoms. The Balaban J connectivity index is 1.44. The highest BCUT2D eigenvalue weighted by Gasteiger charge is 2.48. The standard InChI is InChI=1S/C29H28BClO6S/c31-26-16-24(32)13-11-22(26)15-21(20-7-3-1-4-8-20)12-14-27-29-23(18-36-25-9-5-2-6-10-25)19-38(34,35)28(29)17-30(33)37-27/h1-11,13,15-16,27-28,32-33H,12,14,17-19H2/b21-15-/t27-,28+/m1/s1. The minimum atomic E-state index is -3.47. The van der Waals surface area contributed by atoms with Gasteiger partial charge in [-0.25, -0.2) is 8.42 Å². The lowest BCUT2D eigenvalue weighted by atomic mass is 9.74. The second-order valence-corrected chi connectivity index (χ2v) is 12.1. The van der Waals surface area contributed by atoms with Crippen LogP contribution < -0.4 is 4.74 Å². The van der Waals surface area contributed by atoms with Gasteiger partial charge >= 0.3 is 7.12 Å². The molecule has 2 heterocycles.